The van der Waals surface area contributed by atoms with E-state index in [4.69, 9.17) is 10.6 Å². The van der Waals surface area contributed by atoms with Crippen LogP contribution in [0.5, 0.6) is 0 Å². The van der Waals surface area contributed by atoms with Crippen LogP contribution in [0.25, 0.3) is 0 Å². The lowest BCUT2D eigenvalue weighted by Crippen LogP contribution is -2.45. The Morgan fingerprint density at radius 1 is 1.32 bits per heavy atom. The highest BCUT2D eigenvalue weighted by Gasteiger charge is 2.01. The van der Waals surface area contributed by atoms with Crippen LogP contribution in [-0.4, -0.2) is 63.8 Å². The van der Waals surface area contributed by atoms with Gasteiger partial charge in [-0.2, -0.15) is 0 Å². The number of guanidine groups is 1. The number of amides is 2. The Hall–Kier alpha value is -1.54. The summed E-state index contributed by atoms with van der Waals surface area (Å²) in [6.45, 7) is 5.05. The average Bonchev–Trinajstić information content (AvgIpc) is 2.40. The summed E-state index contributed by atoms with van der Waals surface area (Å²) in [5, 5.41) is 5.72. The van der Waals surface area contributed by atoms with Crippen LogP contribution in [0.15, 0.2) is 4.99 Å². The van der Waals surface area contributed by atoms with Crippen molar-refractivity contribution >= 4 is 12.0 Å². The molecule has 0 saturated carbocycles. The van der Waals surface area contributed by atoms with E-state index in [9.17, 15) is 4.79 Å². The number of nitrogens with two attached hydrogens (primary N) is 1. The molecule has 8 heteroatoms. The highest BCUT2D eigenvalue weighted by molar-refractivity contribution is 5.79. The van der Waals surface area contributed by atoms with Crippen LogP contribution in [-0.2, 0) is 4.74 Å². The van der Waals surface area contributed by atoms with E-state index < -0.39 is 0 Å². The molecule has 0 aliphatic rings. The second kappa shape index (κ2) is 11.5. The van der Waals surface area contributed by atoms with Gasteiger partial charge in [-0.1, -0.05) is 0 Å². The number of carbonyl (C=O) groups is 1. The number of urea groups is 1. The third-order valence-corrected chi connectivity index (χ3v) is 2.16. The summed E-state index contributed by atoms with van der Waals surface area (Å²) in [4.78, 5) is 16.9. The number of ether oxygens (including phenoxy) is 1. The van der Waals surface area contributed by atoms with Crippen molar-refractivity contribution in [1.82, 2.24) is 21.0 Å². The number of nitrogens with zero attached hydrogens (tertiary/aromatic N) is 2. The van der Waals surface area contributed by atoms with Gasteiger partial charge in [-0.15, -0.1) is 0 Å². The summed E-state index contributed by atoms with van der Waals surface area (Å²) in [5.74, 6) is 5.84. The number of hydrogen-bond acceptors (Lipinski definition) is 4. The molecule has 0 unspecified atom stereocenters. The molecule has 0 spiro atoms. The molecule has 0 bridgehead atoms. The second-order valence-corrected chi connectivity index (χ2v) is 3.98. The van der Waals surface area contributed by atoms with Crippen molar-refractivity contribution in [3.05, 3.63) is 0 Å². The molecule has 0 heterocycles. The molecule has 5 N–H and O–H groups in total. The van der Waals surface area contributed by atoms with E-state index in [0.29, 0.717) is 32.2 Å². The van der Waals surface area contributed by atoms with Crippen LogP contribution in [0.3, 0.4) is 0 Å². The van der Waals surface area contributed by atoms with Crippen LogP contribution >= 0.6 is 0 Å². The molecule has 112 valence electrons. The molecule has 0 aromatic heterocycles. The lowest BCUT2D eigenvalue weighted by molar-refractivity contribution is 0.146. The summed E-state index contributed by atoms with van der Waals surface area (Å²) in [7, 11) is 3.38. The summed E-state index contributed by atoms with van der Waals surface area (Å²) in [6.07, 6.45) is 0.845. The molecular formula is C11H26N6O2. The van der Waals surface area contributed by atoms with Crippen molar-refractivity contribution in [2.24, 2.45) is 10.8 Å². The summed E-state index contributed by atoms with van der Waals surface area (Å²) in [6, 6.07) is -0.127. The standard InChI is InChI=1S/C11H26N6O2/c1-4-19-9-5-6-13-10(16-12)14-7-8-15-11(18)17(2)3/h4-9,12H2,1-3H3,(H,15,18)(H2,13,14,16). The molecular weight excluding hydrogens is 248 g/mol. The van der Waals surface area contributed by atoms with Gasteiger partial charge in [-0.25, -0.2) is 10.6 Å². The first kappa shape index (κ1) is 17.5. The number of hydrogen-bond donors (Lipinski definition) is 4. The largest absolute Gasteiger partial charge is 0.382 e. The van der Waals surface area contributed by atoms with Crippen LogP contribution < -0.4 is 21.9 Å². The van der Waals surface area contributed by atoms with Crippen molar-refractivity contribution in [3.8, 4) is 0 Å². The predicted molar refractivity (Wildman–Crippen MR) is 75.8 cm³/mol. The maximum Gasteiger partial charge on any atom is 0.316 e. The molecule has 0 aromatic carbocycles. The van der Waals surface area contributed by atoms with Gasteiger partial charge in [0, 0.05) is 46.9 Å². The monoisotopic (exact) mass is 274 g/mol. The van der Waals surface area contributed by atoms with Gasteiger partial charge in [0.2, 0.25) is 5.96 Å². The Morgan fingerprint density at radius 2 is 2.00 bits per heavy atom. The lowest BCUT2D eigenvalue weighted by atomic mass is 10.4. The zero-order valence-corrected chi connectivity index (χ0v) is 12.0. The number of nitrogens with one attached hydrogen (secondary N) is 3. The minimum absolute atomic E-state index is 0.127. The van der Waals surface area contributed by atoms with E-state index in [1.165, 1.54) is 4.90 Å². The topological polar surface area (TPSA) is 104 Å². The molecule has 0 saturated heterocycles. The smallest absolute Gasteiger partial charge is 0.316 e. The molecule has 0 radical (unpaired) electrons. The van der Waals surface area contributed by atoms with Crippen molar-refractivity contribution in [2.45, 2.75) is 13.3 Å². The number of aliphatic imine (C=N–C) groups is 1. The van der Waals surface area contributed by atoms with Gasteiger partial charge in [0.1, 0.15) is 0 Å². The first-order chi connectivity index (χ1) is 9.11. The van der Waals surface area contributed by atoms with Crippen LogP contribution in [0.1, 0.15) is 13.3 Å². The van der Waals surface area contributed by atoms with E-state index in [0.717, 1.165) is 13.0 Å². The van der Waals surface area contributed by atoms with Gasteiger partial charge < -0.3 is 20.3 Å². The molecule has 2 amide bonds. The Balaban J connectivity index is 3.69. The summed E-state index contributed by atoms with van der Waals surface area (Å²) in [5.41, 5.74) is 2.48. The third-order valence-electron chi connectivity index (χ3n) is 2.16. The van der Waals surface area contributed by atoms with Gasteiger partial charge in [-0.05, 0) is 13.3 Å². The van der Waals surface area contributed by atoms with Crippen molar-refractivity contribution in [2.75, 3.05) is 46.9 Å². The molecule has 8 nitrogen and oxygen atoms in total. The van der Waals surface area contributed by atoms with Crippen LogP contribution in [0, 0.1) is 0 Å². The van der Waals surface area contributed by atoms with Crippen LogP contribution in [0.4, 0.5) is 4.79 Å². The van der Waals surface area contributed by atoms with E-state index in [-0.39, 0.29) is 6.03 Å². The number of rotatable bonds is 8. The maximum atomic E-state index is 11.2. The van der Waals surface area contributed by atoms with E-state index >= 15 is 0 Å². The average molecular weight is 274 g/mol. The fourth-order valence-electron chi connectivity index (χ4n) is 1.16. The fourth-order valence-corrected chi connectivity index (χ4v) is 1.16. The summed E-state index contributed by atoms with van der Waals surface area (Å²) >= 11 is 0. The predicted octanol–water partition coefficient (Wildman–Crippen LogP) is -0.907. The van der Waals surface area contributed by atoms with Gasteiger partial charge in [0.15, 0.2) is 0 Å². The second-order valence-electron chi connectivity index (χ2n) is 3.98. The Labute approximate surface area is 114 Å². The van der Waals surface area contributed by atoms with E-state index in [2.05, 4.69) is 21.1 Å². The molecule has 0 rings (SSSR count). The maximum absolute atomic E-state index is 11.2. The SMILES string of the molecule is CCOCCCN=C(NN)NCCNC(=O)N(C)C. The van der Waals surface area contributed by atoms with Crippen LogP contribution in [0.2, 0.25) is 0 Å². The summed E-state index contributed by atoms with van der Waals surface area (Å²) < 4.78 is 5.20. The molecule has 0 aliphatic heterocycles. The van der Waals surface area contributed by atoms with Crippen molar-refractivity contribution in [3.63, 3.8) is 0 Å². The minimum Gasteiger partial charge on any atom is -0.382 e. The molecule has 0 aromatic rings. The minimum atomic E-state index is -0.127. The molecule has 0 aliphatic carbocycles. The first-order valence-electron chi connectivity index (χ1n) is 6.39. The zero-order valence-electron chi connectivity index (χ0n) is 12.0. The Kier molecular flexibility index (Phi) is 10.6. The lowest BCUT2D eigenvalue weighted by Gasteiger charge is -2.13. The van der Waals surface area contributed by atoms with E-state index in [1.807, 2.05) is 6.92 Å². The van der Waals surface area contributed by atoms with Gasteiger partial charge in [0.25, 0.3) is 0 Å². The molecule has 19 heavy (non-hydrogen) atoms. The Morgan fingerprint density at radius 3 is 2.58 bits per heavy atom. The van der Waals surface area contributed by atoms with E-state index in [1.54, 1.807) is 14.1 Å². The Bertz CT molecular complexity index is 270. The van der Waals surface area contributed by atoms with Crippen molar-refractivity contribution < 1.29 is 9.53 Å². The fraction of sp³-hybridized carbons (Fsp3) is 0.818. The molecule has 0 atom stereocenters. The number of carbonyl (C=O) groups excluding carboxylic acids is 1. The van der Waals surface area contributed by atoms with Crippen molar-refractivity contribution in [1.29, 1.82) is 0 Å². The third kappa shape index (κ3) is 10.1. The first-order valence-corrected chi connectivity index (χ1v) is 6.39. The normalized spacial score (nSPS) is 11.1. The van der Waals surface area contributed by atoms with Gasteiger partial charge in [-0.3, -0.25) is 10.4 Å². The van der Waals surface area contributed by atoms with Gasteiger partial charge in [0.05, 0.1) is 0 Å². The zero-order chi connectivity index (χ0) is 14.5. The van der Waals surface area contributed by atoms with Gasteiger partial charge >= 0.3 is 6.03 Å². The highest BCUT2D eigenvalue weighted by atomic mass is 16.5. The molecule has 0 fully saturated rings. The highest BCUT2D eigenvalue weighted by Crippen LogP contribution is 1.84. The number of hydrazine groups is 1. The quantitative estimate of drug-likeness (QED) is 0.151.